The minimum atomic E-state index is -0.664. The van der Waals surface area contributed by atoms with E-state index in [9.17, 15) is 5.11 Å². The summed E-state index contributed by atoms with van der Waals surface area (Å²) in [5, 5.41) is 11.0. The average molecular weight is 231 g/mol. The van der Waals surface area contributed by atoms with Crippen molar-refractivity contribution in [3.05, 3.63) is 35.9 Å². The third kappa shape index (κ3) is 1.80. The van der Waals surface area contributed by atoms with Crippen molar-refractivity contribution >= 4 is 0 Å². The molecule has 0 aromatic heterocycles. The standard InChI is InChI=1S/C15H21NO/c16-14-12-6-8-13(9-7-12)15(14,17)10-11-4-2-1-3-5-11/h1-5,12-14,17H,6-10,16H2. The number of fused-ring (bicyclic) bond motifs is 3. The summed E-state index contributed by atoms with van der Waals surface area (Å²) in [7, 11) is 0. The Balaban J connectivity index is 1.85. The zero-order valence-electron chi connectivity index (χ0n) is 10.2. The van der Waals surface area contributed by atoms with Gasteiger partial charge in [0.15, 0.2) is 0 Å². The summed E-state index contributed by atoms with van der Waals surface area (Å²) in [5.74, 6) is 0.941. The van der Waals surface area contributed by atoms with Gasteiger partial charge >= 0.3 is 0 Å². The Morgan fingerprint density at radius 3 is 2.35 bits per heavy atom. The molecule has 0 radical (unpaired) electrons. The largest absolute Gasteiger partial charge is 0.388 e. The molecule has 1 aromatic carbocycles. The number of benzene rings is 1. The molecule has 17 heavy (non-hydrogen) atoms. The Kier molecular flexibility index (Phi) is 2.72. The first kappa shape index (κ1) is 11.2. The fraction of sp³-hybridized carbons (Fsp3) is 0.600. The predicted molar refractivity (Wildman–Crippen MR) is 68.5 cm³/mol. The second-order valence-electron chi connectivity index (χ2n) is 5.79. The van der Waals surface area contributed by atoms with Gasteiger partial charge in [0.05, 0.1) is 5.60 Å². The molecular weight excluding hydrogens is 210 g/mol. The van der Waals surface area contributed by atoms with Crippen LogP contribution in [-0.2, 0) is 6.42 Å². The van der Waals surface area contributed by atoms with E-state index in [0.29, 0.717) is 11.8 Å². The number of rotatable bonds is 2. The van der Waals surface area contributed by atoms with Crippen LogP contribution in [0.5, 0.6) is 0 Å². The van der Waals surface area contributed by atoms with Gasteiger partial charge in [0.2, 0.25) is 0 Å². The predicted octanol–water partition coefficient (Wildman–Crippen LogP) is 2.11. The summed E-state index contributed by atoms with van der Waals surface area (Å²) in [5.41, 5.74) is 6.84. The van der Waals surface area contributed by atoms with Crippen LogP contribution in [0.4, 0.5) is 0 Å². The zero-order valence-corrected chi connectivity index (χ0v) is 10.2. The number of nitrogens with two attached hydrogens (primary N) is 1. The van der Waals surface area contributed by atoms with E-state index < -0.39 is 5.60 Å². The summed E-state index contributed by atoms with van der Waals surface area (Å²) in [6, 6.07) is 10.2. The first-order valence-corrected chi connectivity index (χ1v) is 6.72. The Morgan fingerprint density at radius 1 is 1.12 bits per heavy atom. The molecule has 2 unspecified atom stereocenters. The molecule has 92 valence electrons. The number of hydrogen-bond donors (Lipinski definition) is 2. The molecule has 3 saturated carbocycles. The highest BCUT2D eigenvalue weighted by atomic mass is 16.3. The van der Waals surface area contributed by atoms with Crippen molar-refractivity contribution in [3.63, 3.8) is 0 Å². The van der Waals surface area contributed by atoms with Crippen LogP contribution in [0.1, 0.15) is 31.2 Å². The van der Waals surface area contributed by atoms with Gasteiger partial charge in [-0.05, 0) is 43.1 Å². The van der Waals surface area contributed by atoms with E-state index in [1.165, 1.54) is 18.4 Å². The highest BCUT2D eigenvalue weighted by Gasteiger charge is 2.51. The third-order valence-corrected chi connectivity index (χ3v) is 4.89. The fourth-order valence-corrected chi connectivity index (χ4v) is 3.84. The lowest BCUT2D eigenvalue weighted by Crippen LogP contribution is -2.63. The van der Waals surface area contributed by atoms with Crippen LogP contribution in [-0.4, -0.2) is 16.7 Å². The molecule has 2 bridgehead atoms. The van der Waals surface area contributed by atoms with Gasteiger partial charge in [0, 0.05) is 12.5 Å². The van der Waals surface area contributed by atoms with Crippen LogP contribution < -0.4 is 5.73 Å². The molecule has 3 aliphatic carbocycles. The first-order valence-electron chi connectivity index (χ1n) is 6.72. The van der Waals surface area contributed by atoms with E-state index in [1.807, 2.05) is 18.2 Å². The lowest BCUT2D eigenvalue weighted by molar-refractivity contribution is -0.114. The van der Waals surface area contributed by atoms with Crippen molar-refractivity contribution in [3.8, 4) is 0 Å². The van der Waals surface area contributed by atoms with E-state index in [4.69, 9.17) is 5.73 Å². The smallest absolute Gasteiger partial charge is 0.0868 e. The molecule has 0 aliphatic heterocycles. The van der Waals surface area contributed by atoms with Crippen molar-refractivity contribution in [2.45, 2.75) is 43.7 Å². The van der Waals surface area contributed by atoms with E-state index >= 15 is 0 Å². The minimum Gasteiger partial charge on any atom is -0.388 e. The van der Waals surface area contributed by atoms with E-state index in [0.717, 1.165) is 19.3 Å². The van der Waals surface area contributed by atoms with Crippen molar-refractivity contribution in [2.24, 2.45) is 17.6 Å². The zero-order chi connectivity index (χ0) is 11.9. The van der Waals surface area contributed by atoms with Crippen molar-refractivity contribution in [1.29, 1.82) is 0 Å². The molecule has 0 saturated heterocycles. The normalized spacial score (nSPS) is 40.5. The molecule has 2 nitrogen and oxygen atoms in total. The van der Waals surface area contributed by atoms with Crippen molar-refractivity contribution < 1.29 is 5.11 Å². The summed E-state index contributed by atoms with van der Waals surface area (Å²) < 4.78 is 0. The minimum absolute atomic E-state index is 0.0322. The van der Waals surface area contributed by atoms with E-state index in [1.54, 1.807) is 0 Å². The molecule has 3 fully saturated rings. The second-order valence-corrected chi connectivity index (χ2v) is 5.79. The van der Waals surface area contributed by atoms with E-state index in [2.05, 4.69) is 12.1 Å². The SMILES string of the molecule is NC1C2CCC(CC2)C1(O)Cc1ccccc1. The van der Waals surface area contributed by atoms with Gasteiger partial charge in [0.1, 0.15) is 0 Å². The number of hydrogen-bond acceptors (Lipinski definition) is 2. The Morgan fingerprint density at radius 2 is 1.76 bits per heavy atom. The molecule has 0 heterocycles. The Labute approximate surface area is 103 Å². The Hall–Kier alpha value is -0.860. The summed E-state index contributed by atoms with van der Waals surface area (Å²) in [6.07, 6.45) is 5.45. The van der Waals surface area contributed by atoms with Crippen LogP contribution in [0.2, 0.25) is 0 Å². The maximum atomic E-state index is 11.0. The maximum absolute atomic E-state index is 11.0. The number of aliphatic hydroxyl groups is 1. The second kappa shape index (κ2) is 4.11. The highest BCUT2D eigenvalue weighted by Crippen LogP contribution is 2.47. The first-order chi connectivity index (χ1) is 8.20. The lowest BCUT2D eigenvalue weighted by atomic mass is 9.58. The van der Waals surface area contributed by atoms with Crippen LogP contribution in [0.25, 0.3) is 0 Å². The molecule has 4 rings (SSSR count). The van der Waals surface area contributed by atoms with Crippen LogP contribution >= 0.6 is 0 Å². The van der Waals surface area contributed by atoms with Crippen LogP contribution in [0, 0.1) is 11.8 Å². The lowest BCUT2D eigenvalue weighted by Gasteiger charge is -2.53. The van der Waals surface area contributed by atoms with Crippen molar-refractivity contribution in [2.75, 3.05) is 0 Å². The van der Waals surface area contributed by atoms with Crippen LogP contribution in [0.3, 0.4) is 0 Å². The quantitative estimate of drug-likeness (QED) is 0.819. The van der Waals surface area contributed by atoms with Crippen molar-refractivity contribution in [1.82, 2.24) is 0 Å². The summed E-state index contributed by atoms with van der Waals surface area (Å²) in [6.45, 7) is 0. The Bertz CT molecular complexity index is 379. The molecule has 2 heteroatoms. The molecule has 3 N–H and O–H groups in total. The van der Waals surface area contributed by atoms with Gasteiger partial charge in [-0.25, -0.2) is 0 Å². The molecule has 0 spiro atoms. The molecular formula is C15H21NO. The molecule has 2 atom stereocenters. The van der Waals surface area contributed by atoms with Gasteiger partial charge in [-0.3, -0.25) is 0 Å². The third-order valence-electron chi connectivity index (χ3n) is 4.89. The maximum Gasteiger partial charge on any atom is 0.0868 e. The topological polar surface area (TPSA) is 46.2 Å². The summed E-state index contributed by atoms with van der Waals surface area (Å²) in [4.78, 5) is 0. The molecule has 1 aromatic rings. The van der Waals surface area contributed by atoms with Gasteiger partial charge in [-0.2, -0.15) is 0 Å². The van der Waals surface area contributed by atoms with Gasteiger partial charge in [0.25, 0.3) is 0 Å². The molecule has 3 aliphatic rings. The van der Waals surface area contributed by atoms with Gasteiger partial charge in [-0.15, -0.1) is 0 Å². The monoisotopic (exact) mass is 231 g/mol. The van der Waals surface area contributed by atoms with Gasteiger partial charge < -0.3 is 10.8 Å². The van der Waals surface area contributed by atoms with E-state index in [-0.39, 0.29) is 6.04 Å². The van der Waals surface area contributed by atoms with Crippen LogP contribution in [0.15, 0.2) is 30.3 Å². The molecule has 0 amide bonds. The van der Waals surface area contributed by atoms with Gasteiger partial charge in [-0.1, -0.05) is 30.3 Å². The fourth-order valence-electron chi connectivity index (χ4n) is 3.84. The average Bonchev–Trinajstić information content (AvgIpc) is 2.37. The summed E-state index contributed by atoms with van der Waals surface area (Å²) >= 11 is 0. The highest BCUT2D eigenvalue weighted by molar-refractivity contribution is 5.20.